The number of benzene rings is 2. The average molecular weight is 300 g/mol. The molecule has 0 aromatic heterocycles. The SMILES string of the molecule is CC(C)(C#N)c1ccc(-c2ccc(Br)cc2)cc1. The summed E-state index contributed by atoms with van der Waals surface area (Å²) < 4.78 is 1.08. The molecule has 0 bridgehead atoms. The summed E-state index contributed by atoms with van der Waals surface area (Å²) in [6.45, 7) is 3.86. The number of nitrogens with zero attached hydrogens (tertiary/aromatic N) is 1. The molecule has 0 radical (unpaired) electrons. The Hall–Kier alpha value is -1.59. The van der Waals surface area contributed by atoms with Crippen LogP contribution in [0.4, 0.5) is 0 Å². The molecule has 0 amide bonds. The minimum atomic E-state index is -0.432. The summed E-state index contributed by atoms with van der Waals surface area (Å²) in [7, 11) is 0. The van der Waals surface area contributed by atoms with Crippen LogP contribution < -0.4 is 0 Å². The lowest BCUT2D eigenvalue weighted by Crippen LogP contribution is -2.13. The predicted molar refractivity (Wildman–Crippen MR) is 78.2 cm³/mol. The summed E-state index contributed by atoms with van der Waals surface area (Å²) in [4.78, 5) is 0. The van der Waals surface area contributed by atoms with Gasteiger partial charge in [-0.05, 0) is 42.7 Å². The lowest BCUT2D eigenvalue weighted by atomic mass is 9.85. The van der Waals surface area contributed by atoms with Gasteiger partial charge in [-0.3, -0.25) is 0 Å². The first kappa shape index (κ1) is 12.9. The summed E-state index contributed by atoms with van der Waals surface area (Å²) in [5.74, 6) is 0. The summed E-state index contributed by atoms with van der Waals surface area (Å²) >= 11 is 3.43. The maximum atomic E-state index is 9.11. The van der Waals surface area contributed by atoms with Crippen molar-refractivity contribution < 1.29 is 0 Å². The number of rotatable bonds is 2. The maximum Gasteiger partial charge on any atom is 0.0766 e. The Morgan fingerprint density at radius 1 is 0.889 bits per heavy atom. The van der Waals surface area contributed by atoms with Crippen molar-refractivity contribution in [2.24, 2.45) is 0 Å². The van der Waals surface area contributed by atoms with Gasteiger partial charge >= 0.3 is 0 Å². The Morgan fingerprint density at radius 3 is 1.78 bits per heavy atom. The molecule has 0 saturated heterocycles. The highest BCUT2D eigenvalue weighted by molar-refractivity contribution is 9.10. The first-order valence-corrected chi connectivity index (χ1v) is 6.60. The molecule has 0 aliphatic rings. The van der Waals surface area contributed by atoms with Gasteiger partial charge in [0.1, 0.15) is 0 Å². The largest absolute Gasteiger partial charge is 0.197 e. The molecular weight excluding hydrogens is 286 g/mol. The molecule has 0 N–H and O–H groups in total. The number of hydrogen-bond donors (Lipinski definition) is 0. The van der Waals surface area contributed by atoms with Crippen molar-refractivity contribution in [3.05, 3.63) is 58.6 Å². The molecule has 2 rings (SSSR count). The van der Waals surface area contributed by atoms with Crippen LogP contribution in [0.15, 0.2) is 53.0 Å². The zero-order valence-electron chi connectivity index (χ0n) is 10.4. The van der Waals surface area contributed by atoms with Crippen LogP contribution in [0, 0.1) is 11.3 Å². The van der Waals surface area contributed by atoms with Gasteiger partial charge in [0.2, 0.25) is 0 Å². The highest BCUT2D eigenvalue weighted by Crippen LogP contribution is 2.26. The zero-order valence-corrected chi connectivity index (χ0v) is 12.0. The zero-order chi connectivity index (χ0) is 13.2. The molecule has 2 aromatic carbocycles. The molecule has 0 heterocycles. The second kappa shape index (κ2) is 4.96. The van der Waals surface area contributed by atoms with Crippen molar-refractivity contribution in [3.63, 3.8) is 0 Å². The van der Waals surface area contributed by atoms with E-state index in [-0.39, 0.29) is 0 Å². The average Bonchev–Trinajstić information content (AvgIpc) is 2.40. The smallest absolute Gasteiger partial charge is 0.0766 e. The highest BCUT2D eigenvalue weighted by atomic mass is 79.9. The van der Waals surface area contributed by atoms with Crippen LogP contribution in [0.5, 0.6) is 0 Å². The number of nitriles is 1. The standard InChI is InChI=1S/C16H14BrN/c1-16(2,11-18)14-7-3-12(4-8-14)13-5-9-15(17)10-6-13/h3-10H,1-2H3. The lowest BCUT2D eigenvalue weighted by Gasteiger charge is -2.16. The van der Waals surface area contributed by atoms with Gasteiger partial charge in [-0.15, -0.1) is 0 Å². The van der Waals surface area contributed by atoms with E-state index in [1.54, 1.807) is 0 Å². The molecule has 2 heteroatoms. The fraction of sp³-hybridized carbons (Fsp3) is 0.188. The first-order chi connectivity index (χ1) is 8.53. The molecule has 0 unspecified atom stereocenters. The molecule has 1 nitrogen and oxygen atoms in total. The Balaban J connectivity index is 2.34. The van der Waals surface area contributed by atoms with Gasteiger partial charge < -0.3 is 0 Å². The first-order valence-electron chi connectivity index (χ1n) is 5.81. The molecule has 0 fully saturated rings. The summed E-state index contributed by atoms with van der Waals surface area (Å²) in [6, 6.07) is 18.7. The monoisotopic (exact) mass is 299 g/mol. The minimum Gasteiger partial charge on any atom is -0.197 e. The molecular formula is C16H14BrN. The van der Waals surface area contributed by atoms with Gasteiger partial charge in [0.15, 0.2) is 0 Å². The molecule has 0 aliphatic carbocycles. The van der Waals surface area contributed by atoms with Crippen molar-refractivity contribution in [3.8, 4) is 17.2 Å². The highest BCUT2D eigenvalue weighted by Gasteiger charge is 2.19. The number of halogens is 1. The van der Waals surface area contributed by atoms with Crippen LogP contribution in [-0.2, 0) is 5.41 Å². The summed E-state index contributed by atoms with van der Waals surface area (Å²) in [6.07, 6.45) is 0. The summed E-state index contributed by atoms with van der Waals surface area (Å²) in [5.41, 5.74) is 2.96. The third kappa shape index (κ3) is 2.63. The quantitative estimate of drug-likeness (QED) is 0.772. The van der Waals surface area contributed by atoms with E-state index in [4.69, 9.17) is 5.26 Å². The molecule has 0 spiro atoms. The Kier molecular flexibility index (Phi) is 3.54. The van der Waals surface area contributed by atoms with E-state index >= 15 is 0 Å². The van der Waals surface area contributed by atoms with E-state index in [9.17, 15) is 0 Å². The van der Waals surface area contributed by atoms with E-state index in [1.807, 2.05) is 38.1 Å². The molecule has 0 aliphatic heterocycles. The van der Waals surface area contributed by atoms with Crippen molar-refractivity contribution in [2.75, 3.05) is 0 Å². The fourth-order valence-corrected chi connectivity index (χ4v) is 2.05. The molecule has 0 atom stereocenters. The Labute approximate surface area is 116 Å². The van der Waals surface area contributed by atoms with Crippen LogP contribution in [0.2, 0.25) is 0 Å². The van der Waals surface area contributed by atoms with Gasteiger partial charge in [0.25, 0.3) is 0 Å². The predicted octanol–water partition coefficient (Wildman–Crippen LogP) is 4.92. The molecule has 90 valence electrons. The topological polar surface area (TPSA) is 23.8 Å². The maximum absolute atomic E-state index is 9.11. The second-order valence-electron chi connectivity index (χ2n) is 4.82. The van der Waals surface area contributed by atoms with Crippen molar-refractivity contribution in [1.29, 1.82) is 5.26 Å². The molecule has 2 aromatic rings. The minimum absolute atomic E-state index is 0.432. The van der Waals surface area contributed by atoms with Gasteiger partial charge in [-0.25, -0.2) is 0 Å². The van der Waals surface area contributed by atoms with Crippen LogP contribution in [-0.4, -0.2) is 0 Å². The van der Waals surface area contributed by atoms with Crippen LogP contribution in [0.1, 0.15) is 19.4 Å². The van der Waals surface area contributed by atoms with Gasteiger partial charge in [0.05, 0.1) is 11.5 Å². The van der Waals surface area contributed by atoms with E-state index in [0.717, 1.165) is 10.0 Å². The number of hydrogen-bond acceptors (Lipinski definition) is 1. The van der Waals surface area contributed by atoms with Gasteiger partial charge in [0, 0.05) is 4.47 Å². The van der Waals surface area contributed by atoms with E-state index in [2.05, 4.69) is 46.3 Å². The van der Waals surface area contributed by atoms with E-state index in [1.165, 1.54) is 11.1 Å². The van der Waals surface area contributed by atoms with Crippen molar-refractivity contribution in [2.45, 2.75) is 19.3 Å². The van der Waals surface area contributed by atoms with Crippen LogP contribution in [0.25, 0.3) is 11.1 Å². The van der Waals surface area contributed by atoms with Crippen LogP contribution >= 0.6 is 15.9 Å². The normalized spacial score (nSPS) is 11.0. The fourth-order valence-electron chi connectivity index (χ4n) is 1.79. The lowest BCUT2D eigenvalue weighted by molar-refractivity contribution is 0.687. The third-order valence-corrected chi connectivity index (χ3v) is 3.59. The third-order valence-electron chi connectivity index (χ3n) is 3.06. The van der Waals surface area contributed by atoms with Gasteiger partial charge in [-0.2, -0.15) is 5.26 Å². The molecule has 0 saturated carbocycles. The Morgan fingerprint density at radius 2 is 1.33 bits per heavy atom. The van der Waals surface area contributed by atoms with E-state index < -0.39 is 5.41 Å². The Bertz CT molecular complexity index is 574. The second-order valence-corrected chi connectivity index (χ2v) is 5.74. The van der Waals surface area contributed by atoms with E-state index in [0.29, 0.717) is 0 Å². The van der Waals surface area contributed by atoms with Crippen LogP contribution in [0.3, 0.4) is 0 Å². The molecule has 18 heavy (non-hydrogen) atoms. The van der Waals surface area contributed by atoms with Crippen molar-refractivity contribution in [1.82, 2.24) is 0 Å². The summed E-state index contributed by atoms with van der Waals surface area (Å²) in [5, 5.41) is 9.11. The van der Waals surface area contributed by atoms with Crippen molar-refractivity contribution >= 4 is 15.9 Å². The van der Waals surface area contributed by atoms with Gasteiger partial charge in [-0.1, -0.05) is 52.3 Å².